The van der Waals surface area contributed by atoms with Gasteiger partial charge in [0.2, 0.25) is 18.6 Å². The molecule has 1 saturated heterocycles. The third-order valence-corrected chi connectivity index (χ3v) is 8.39. The highest BCUT2D eigenvalue weighted by Crippen LogP contribution is 2.69. The van der Waals surface area contributed by atoms with Crippen molar-refractivity contribution in [2.45, 2.75) is 46.7 Å². The molecular formula is C28H30N2O7. The molecule has 2 aliphatic heterocycles. The van der Waals surface area contributed by atoms with Crippen molar-refractivity contribution in [1.82, 2.24) is 4.90 Å². The Bertz CT molecular complexity index is 1280. The Morgan fingerprint density at radius 2 is 1.65 bits per heavy atom. The first kappa shape index (κ1) is 24.8. The van der Waals surface area contributed by atoms with Gasteiger partial charge in [0.25, 0.3) is 5.91 Å². The van der Waals surface area contributed by atoms with Gasteiger partial charge in [0.15, 0.2) is 11.5 Å². The van der Waals surface area contributed by atoms with E-state index in [0.29, 0.717) is 22.7 Å². The number of rotatable bonds is 6. The van der Waals surface area contributed by atoms with Gasteiger partial charge in [-0.2, -0.15) is 0 Å². The van der Waals surface area contributed by atoms with E-state index in [1.165, 1.54) is 31.4 Å². The van der Waals surface area contributed by atoms with Gasteiger partial charge in [0.05, 0.1) is 24.8 Å². The molecule has 0 N–H and O–H groups in total. The molecule has 1 atom stereocenters. The van der Waals surface area contributed by atoms with Gasteiger partial charge in [0.1, 0.15) is 6.04 Å². The van der Waals surface area contributed by atoms with Crippen LogP contribution in [0.25, 0.3) is 0 Å². The molecule has 2 fully saturated rings. The highest BCUT2D eigenvalue weighted by molar-refractivity contribution is 6.23. The Morgan fingerprint density at radius 3 is 2.27 bits per heavy atom. The zero-order valence-corrected chi connectivity index (χ0v) is 21.6. The first-order valence-corrected chi connectivity index (χ1v) is 12.2. The summed E-state index contributed by atoms with van der Waals surface area (Å²) >= 11 is 0. The van der Waals surface area contributed by atoms with E-state index in [2.05, 4.69) is 0 Å². The number of benzene rings is 2. The van der Waals surface area contributed by atoms with E-state index in [4.69, 9.17) is 14.2 Å². The summed E-state index contributed by atoms with van der Waals surface area (Å²) in [5.41, 5.74) is 0.931. The minimum absolute atomic E-state index is 0.124. The molecule has 3 amide bonds. The molecule has 1 saturated carbocycles. The average molecular weight is 507 g/mol. The summed E-state index contributed by atoms with van der Waals surface area (Å²) in [5, 5.41) is 0. The van der Waals surface area contributed by atoms with E-state index >= 15 is 0 Å². The molecule has 1 aliphatic carbocycles. The maximum absolute atomic E-state index is 13.9. The summed E-state index contributed by atoms with van der Waals surface area (Å²) in [6.07, 6.45) is -0.124. The van der Waals surface area contributed by atoms with Crippen LogP contribution in [0.15, 0.2) is 42.5 Å². The number of carbonyl (C=O) groups excluding carboxylic acids is 4. The van der Waals surface area contributed by atoms with E-state index in [0.717, 1.165) is 10.5 Å². The van der Waals surface area contributed by atoms with Gasteiger partial charge in [-0.05, 0) is 52.8 Å². The number of ether oxygens (including phenoxy) is 3. The summed E-state index contributed by atoms with van der Waals surface area (Å²) in [6, 6.07) is 10.5. The average Bonchev–Trinajstić information content (AvgIpc) is 3.23. The minimum atomic E-state index is -0.946. The molecule has 2 aromatic rings. The quantitative estimate of drug-likeness (QED) is 0.436. The van der Waals surface area contributed by atoms with Crippen LogP contribution in [0.2, 0.25) is 0 Å². The number of carbonyl (C=O) groups is 4. The SMILES string of the molecule is COC(=O)c1ccc(N2C(=O)CC(N(Cc3ccc4c(c3)OCO4)C(=O)C3C(C)(C)C3(C)C)C2=O)cc1. The number of amides is 3. The molecule has 0 radical (unpaired) electrons. The van der Waals surface area contributed by atoms with Crippen molar-refractivity contribution in [2.24, 2.45) is 16.7 Å². The summed E-state index contributed by atoms with van der Waals surface area (Å²) in [5.74, 6) is -0.622. The van der Waals surface area contributed by atoms with E-state index in [1.807, 2.05) is 33.8 Å². The normalized spacial score (nSPS) is 21.2. The molecule has 0 spiro atoms. The largest absolute Gasteiger partial charge is 0.465 e. The lowest BCUT2D eigenvalue weighted by molar-refractivity contribution is -0.141. The van der Waals surface area contributed by atoms with Crippen molar-refractivity contribution >= 4 is 29.4 Å². The third kappa shape index (κ3) is 3.93. The van der Waals surface area contributed by atoms with Gasteiger partial charge in [0, 0.05) is 12.5 Å². The Labute approximate surface area is 215 Å². The standard InChI is InChI=1S/C28H30N2O7/c1-27(2)23(28(27,3)4)25(33)29(14-16-6-11-20-21(12-16)37-15-36-20)19-13-22(31)30(24(19)32)18-9-7-17(8-10-18)26(34)35-5/h6-12,19,23H,13-15H2,1-5H3. The van der Waals surface area contributed by atoms with E-state index < -0.39 is 23.8 Å². The molecule has 5 rings (SSSR count). The van der Waals surface area contributed by atoms with Crippen molar-refractivity contribution in [1.29, 1.82) is 0 Å². The Kier molecular flexibility index (Phi) is 5.77. The summed E-state index contributed by atoms with van der Waals surface area (Å²) in [4.78, 5) is 55.1. The molecule has 37 heavy (non-hydrogen) atoms. The number of anilines is 1. The Hall–Kier alpha value is -3.88. The monoisotopic (exact) mass is 506 g/mol. The van der Waals surface area contributed by atoms with Gasteiger partial charge >= 0.3 is 5.97 Å². The van der Waals surface area contributed by atoms with E-state index in [-0.39, 0.29) is 42.4 Å². The number of esters is 1. The fourth-order valence-electron chi connectivity index (χ4n) is 5.55. The van der Waals surface area contributed by atoms with Gasteiger partial charge in [-0.15, -0.1) is 0 Å². The summed E-state index contributed by atoms with van der Waals surface area (Å²) in [6.45, 7) is 8.47. The van der Waals surface area contributed by atoms with E-state index in [9.17, 15) is 19.2 Å². The second kappa shape index (κ2) is 8.61. The van der Waals surface area contributed by atoms with Crippen molar-refractivity contribution in [2.75, 3.05) is 18.8 Å². The highest BCUT2D eigenvalue weighted by atomic mass is 16.7. The van der Waals surface area contributed by atoms with Gasteiger partial charge in [-0.25, -0.2) is 9.69 Å². The van der Waals surface area contributed by atoms with Gasteiger partial charge in [-0.3, -0.25) is 14.4 Å². The van der Waals surface area contributed by atoms with Crippen LogP contribution in [0.3, 0.4) is 0 Å². The molecule has 2 heterocycles. The second-order valence-corrected chi connectivity index (χ2v) is 10.9. The van der Waals surface area contributed by atoms with Crippen molar-refractivity contribution in [3.63, 3.8) is 0 Å². The number of hydrogen-bond acceptors (Lipinski definition) is 7. The number of fused-ring (bicyclic) bond motifs is 1. The molecule has 194 valence electrons. The fraction of sp³-hybridized carbons (Fsp3) is 0.429. The van der Waals surface area contributed by atoms with Crippen molar-refractivity contribution in [3.05, 3.63) is 53.6 Å². The predicted octanol–water partition coefficient (Wildman–Crippen LogP) is 3.54. The topological polar surface area (TPSA) is 102 Å². The molecule has 9 nitrogen and oxygen atoms in total. The van der Waals surface area contributed by atoms with Gasteiger partial charge in [-0.1, -0.05) is 33.8 Å². The third-order valence-electron chi connectivity index (χ3n) is 8.39. The smallest absolute Gasteiger partial charge is 0.337 e. The number of imide groups is 1. The van der Waals surface area contributed by atoms with Crippen molar-refractivity contribution < 1.29 is 33.4 Å². The van der Waals surface area contributed by atoms with Crippen LogP contribution in [0.4, 0.5) is 5.69 Å². The fourth-order valence-corrected chi connectivity index (χ4v) is 5.55. The zero-order valence-electron chi connectivity index (χ0n) is 21.6. The lowest BCUT2D eigenvalue weighted by Crippen LogP contribution is -2.46. The van der Waals surface area contributed by atoms with Crippen LogP contribution < -0.4 is 14.4 Å². The molecular weight excluding hydrogens is 476 g/mol. The summed E-state index contributed by atoms with van der Waals surface area (Å²) in [7, 11) is 1.28. The number of hydrogen-bond donors (Lipinski definition) is 0. The van der Waals surface area contributed by atoms with E-state index in [1.54, 1.807) is 17.0 Å². The minimum Gasteiger partial charge on any atom is -0.465 e. The molecule has 0 bridgehead atoms. The van der Waals surface area contributed by atoms with Crippen LogP contribution in [0, 0.1) is 16.7 Å². The lowest BCUT2D eigenvalue weighted by atomic mass is 10.0. The molecule has 2 aromatic carbocycles. The van der Waals surface area contributed by atoms with Crippen LogP contribution in [0.1, 0.15) is 50.0 Å². The highest BCUT2D eigenvalue weighted by Gasteiger charge is 2.69. The molecule has 3 aliphatic rings. The molecule has 9 heteroatoms. The number of nitrogens with zero attached hydrogens (tertiary/aromatic N) is 2. The first-order chi connectivity index (χ1) is 17.5. The maximum atomic E-state index is 13.9. The van der Waals surface area contributed by atoms with Crippen LogP contribution >= 0.6 is 0 Å². The predicted molar refractivity (Wildman–Crippen MR) is 133 cm³/mol. The van der Waals surface area contributed by atoms with Crippen LogP contribution in [0.5, 0.6) is 11.5 Å². The summed E-state index contributed by atoms with van der Waals surface area (Å²) < 4.78 is 15.6. The molecule has 1 unspecified atom stereocenters. The van der Waals surface area contributed by atoms with Crippen LogP contribution in [-0.2, 0) is 25.7 Å². The first-order valence-electron chi connectivity index (χ1n) is 12.2. The maximum Gasteiger partial charge on any atom is 0.337 e. The lowest BCUT2D eigenvalue weighted by Gasteiger charge is -2.29. The second-order valence-electron chi connectivity index (χ2n) is 10.9. The van der Waals surface area contributed by atoms with Crippen molar-refractivity contribution in [3.8, 4) is 11.5 Å². The Balaban J connectivity index is 1.45. The Morgan fingerprint density at radius 1 is 1.00 bits per heavy atom. The zero-order chi connectivity index (χ0) is 26.7. The number of methoxy groups -OCH3 is 1. The van der Waals surface area contributed by atoms with Gasteiger partial charge < -0.3 is 19.1 Å². The van der Waals surface area contributed by atoms with Crippen LogP contribution in [-0.4, -0.2) is 48.5 Å². The molecule has 0 aromatic heterocycles.